The lowest BCUT2D eigenvalue weighted by molar-refractivity contribution is 0.590. The highest BCUT2D eigenvalue weighted by Crippen LogP contribution is 2.30. The largest absolute Gasteiger partial charge is 0.0610 e. The molecule has 1 radical (unpaired) electrons. The van der Waals surface area contributed by atoms with Crippen LogP contribution in [0, 0.1) is 6.07 Å². The summed E-state index contributed by atoms with van der Waals surface area (Å²) in [6.07, 6.45) is 0. The van der Waals surface area contributed by atoms with Crippen LogP contribution >= 0.6 is 0 Å². The first kappa shape index (κ1) is 18.5. The number of hydrogen-bond donors (Lipinski definition) is 0. The molecule has 0 heteroatoms. The van der Waals surface area contributed by atoms with Gasteiger partial charge in [-0.1, -0.05) is 108 Å². The molecule has 26 heavy (non-hydrogen) atoms. The average molecular weight is 342 g/mol. The lowest BCUT2D eigenvalue weighted by Gasteiger charge is -2.19. The Bertz CT molecular complexity index is 794. The predicted octanol–water partition coefficient (Wildman–Crippen LogP) is 7.42. The fraction of sp³-hybridized carbons (Fsp3) is 0.308. The predicted molar refractivity (Wildman–Crippen MR) is 114 cm³/mol. The van der Waals surface area contributed by atoms with Crippen molar-refractivity contribution < 1.29 is 0 Å². The SMILES string of the molecule is CC(C)(C)c1ccc(-c2[c]c(-c3ccc(C(C)(C)C)cc3)ccc2)cc1. The van der Waals surface area contributed by atoms with E-state index in [-0.39, 0.29) is 10.8 Å². The topological polar surface area (TPSA) is 0 Å². The molecule has 0 heterocycles. The molecular weight excluding hydrogens is 312 g/mol. The third kappa shape index (κ3) is 4.07. The Morgan fingerprint density at radius 3 is 1.15 bits per heavy atom. The van der Waals surface area contributed by atoms with Crippen LogP contribution in [0.3, 0.4) is 0 Å². The maximum Gasteiger partial charge on any atom is -0.00143 e. The van der Waals surface area contributed by atoms with E-state index in [1.54, 1.807) is 0 Å². The maximum atomic E-state index is 3.59. The minimum absolute atomic E-state index is 0.179. The van der Waals surface area contributed by atoms with Gasteiger partial charge < -0.3 is 0 Å². The van der Waals surface area contributed by atoms with Crippen molar-refractivity contribution in [3.8, 4) is 22.3 Å². The molecule has 0 fully saturated rings. The van der Waals surface area contributed by atoms with E-state index in [9.17, 15) is 0 Å². The van der Waals surface area contributed by atoms with Gasteiger partial charge in [-0.05, 0) is 50.3 Å². The first-order valence-corrected chi connectivity index (χ1v) is 9.39. The highest BCUT2D eigenvalue weighted by Gasteiger charge is 2.14. The molecule has 0 bridgehead atoms. The van der Waals surface area contributed by atoms with Crippen molar-refractivity contribution in [1.82, 2.24) is 0 Å². The van der Waals surface area contributed by atoms with Crippen LogP contribution in [0.2, 0.25) is 0 Å². The van der Waals surface area contributed by atoms with Gasteiger partial charge in [0.05, 0.1) is 0 Å². The van der Waals surface area contributed by atoms with Crippen molar-refractivity contribution in [2.75, 3.05) is 0 Å². The summed E-state index contributed by atoms with van der Waals surface area (Å²) in [5.74, 6) is 0. The van der Waals surface area contributed by atoms with E-state index >= 15 is 0 Å². The lowest BCUT2D eigenvalue weighted by atomic mass is 9.85. The summed E-state index contributed by atoms with van der Waals surface area (Å²) in [5, 5.41) is 0. The zero-order valence-electron chi connectivity index (χ0n) is 16.9. The Morgan fingerprint density at radius 1 is 0.500 bits per heavy atom. The summed E-state index contributed by atoms with van der Waals surface area (Å²) in [6.45, 7) is 13.5. The van der Waals surface area contributed by atoms with Crippen LogP contribution in [0.4, 0.5) is 0 Å². The molecule has 0 aliphatic heterocycles. The fourth-order valence-corrected chi connectivity index (χ4v) is 3.11. The number of benzene rings is 3. The zero-order valence-corrected chi connectivity index (χ0v) is 16.9. The second kappa shape index (κ2) is 6.76. The van der Waals surface area contributed by atoms with Gasteiger partial charge in [0.25, 0.3) is 0 Å². The third-order valence-electron chi connectivity index (χ3n) is 4.92. The molecule has 0 atom stereocenters. The highest BCUT2D eigenvalue weighted by atomic mass is 14.2. The molecule has 3 aromatic carbocycles. The molecule has 0 unspecified atom stereocenters. The summed E-state index contributed by atoms with van der Waals surface area (Å²) in [5.41, 5.74) is 7.78. The smallest absolute Gasteiger partial charge is 0.00143 e. The van der Waals surface area contributed by atoms with E-state index in [0.29, 0.717) is 0 Å². The van der Waals surface area contributed by atoms with Crippen LogP contribution in [-0.4, -0.2) is 0 Å². The molecule has 0 aromatic heterocycles. The standard InChI is InChI=1S/C26H29/c1-25(2,3)23-14-10-19(11-15-23)21-8-7-9-22(18-21)20-12-16-24(17-13-20)26(4,5)6/h7-17H,1-6H3. The summed E-state index contributed by atoms with van der Waals surface area (Å²) >= 11 is 0. The van der Waals surface area contributed by atoms with Gasteiger partial charge in [0.2, 0.25) is 0 Å². The van der Waals surface area contributed by atoms with E-state index in [1.165, 1.54) is 22.3 Å². The Labute approximate surface area is 158 Å². The second-order valence-electron chi connectivity index (χ2n) is 9.13. The van der Waals surface area contributed by atoms with Crippen molar-refractivity contribution in [3.05, 3.63) is 83.9 Å². The van der Waals surface area contributed by atoms with Crippen LogP contribution in [0.25, 0.3) is 22.3 Å². The Kier molecular flexibility index (Phi) is 4.80. The molecule has 0 nitrogen and oxygen atoms in total. The van der Waals surface area contributed by atoms with Crippen molar-refractivity contribution in [2.45, 2.75) is 52.4 Å². The molecule has 0 saturated carbocycles. The molecule has 0 spiro atoms. The van der Waals surface area contributed by atoms with Crippen molar-refractivity contribution >= 4 is 0 Å². The Morgan fingerprint density at radius 2 is 0.846 bits per heavy atom. The maximum absolute atomic E-state index is 3.59. The van der Waals surface area contributed by atoms with Crippen LogP contribution in [0.15, 0.2) is 66.7 Å². The zero-order chi connectivity index (χ0) is 18.9. The molecule has 3 aromatic rings. The van der Waals surface area contributed by atoms with Gasteiger partial charge in [-0.3, -0.25) is 0 Å². The number of hydrogen-bond acceptors (Lipinski definition) is 0. The molecule has 0 saturated heterocycles. The van der Waals surface area contributed by atoms with Gasteiger partial charge in [-0.15, -0.1) is 0 Å². The lowest BCUT2D eigenvalue weighted by Crippen LogP contribution is -2.10. The fourth-order valence-electron chi connectivity index (χ4n) is 3.11. The molecule has 0 N–H and O–H groups in total. The summed E-state index contributed by atoms with van der Waals surface area (Å²) in [6, 6.07) is 27.7. The van der Waals surface area contributed by atoms with Gasteiger partial charge >= 0.3 is 0 Å². The van der Waals surface area contributed by atoms with Gasteiger partial charge in [0, 0.05) is 0 Å². The van der Waals surface area contributed by atoms with E-state index in [1.807, 2.05) is 0 Å². The average Bonchev–Trinajstić information content (AvgIpc) is 2.61. The van der Waals surface area contributed by atoms with Crippen LogP contribution in [0.5, 0.6) is 0 Å². The first-order chi connectivity index (χ1) is 12.1. The van der Waals surface area contributed by atoms with Crippen LogP contribution in [-0.2, 0) is 10.8 Å². The normalized spacial score (nSPS) is 12.2. The third-order valence-corrected chi connectivity index (χ3v) is 4.92. The minimum atomic E-state index is 0.179. The van der Waals surface area contributed by atoms with E-state index < -0.39 is 0 Å². The molecule has 0 amide bonds. The van der Waals surface area contributed by atoms with Gasteiger partial charge in [0.15, 0.2) is 0 Å². The van der Waals surface area contributed by atoms with Crippen LogP contribution < -0.4 is 0 Å². The summed E-state index contributed by atoms with van der Waals surface area (Å²) in [7, 11) is 0. The van der Waals surface area contributed by atoms with E-state index in [4.69, 9.17) is 0 Å². The first-order valence-electron chi connectivity index (χ1n) is 9.39. The summed E-state index contributed by atoms with van der Waals surface area (Å²) < 4.78 is 0. The molecule has 0 aliphatic rings. The second-order valence-corrected chi connectivity index (χ2v) is 9.13. The summed E-state index contributed by atoms with van der Waals surface area (Å²) in [4.78, 5) is 0. The van der Waals surface area contributed by atoms with Gasteiger partial charge in [0.1, 0.15) is 0 Å². The van der Waals surface area contributed by atoms with Gasteiger partial charge in [-0.25, -0.2) is 0 Å². The Hall–Kier alpha value is -2.34. The minimum Gasteiger partial charge on any atom is -0.0610 e. The molecular formula is C26H29. The quantitative estimate of drug-likeness (QED) is 0.455. The highest BCUT2D eigenvalue weighted by molar-refractivity contribution is 5.72. The number of rotatable bonds is 2. The monoisotopic (exact) mass is 341 g/mol. The van der Waals surface area contributed by atoms with Crippen molar-refractivity contribution in [1.29, 1.82) is 0 Å². The molecule has 3 rings (SSSR count). The van der Waals surface area contributed by atoms with Crippen molar-refractivity contribution in [2.24, 2.45) is 0 Å². The van der Waals surface area contributed by atoms with Crippen molar-refractivity contribution in [3.63, 3.8) is 0 Å². The van der Waals surface area contributed by atoms with E-state index in [2.05, 4.69) is 114 Å². The molecule has 133 valence electrons. The van der Waals surface area contributed by atoms with E-state index in [0.717, 1.165) is 11.1 Å². The molecule has 0 aliphatic carbocycles. The van der Waals surface area contributed by atoms with Crippen LogP contribution in [0.1, 0.15) is 52.7 Å². The van der Waals surface area contributed by atoms with Gasteiger partial charge in [-0.2, -0.15) is 0 Å². The Balaban J connectivity index is 1.91.